The summed E-state index contributed by atoms with van der Waals surface area (Å²) < 4.78 is 6.06. The van der Waals surface area contributed by atoms with Crippen LogP contribution in [0.2, 0.25) is 0 Å². The van der Waals surface area contributed by atoms with Crippen molar-refractivity contribution < 1.29 is 14.3 Å². The Morgan fingerprint density at radius 3 is 2.61 bits per heavy atom. The number of carbonyl (C=O) groups excluding carboxylic acids is 2. The third-order valence-electron chi connectivity index (χ3n) is 5.38. The zero-order valence-electron chi connectivity index (χ0n) is 15.9. The molecular weight excluding hydrogens is 356 g/mol. The van der Waals surface area contributed by atoms with Crippen LogP contribution in [0.4, 0.5) is 5.69 Å². The van der Waals surface area contributed by atoms with Crippen LogP contribution in [0.25, 0.3) is 0 Å². The number of hydrogen-bond acceptors (Lipinski definition) is 5. The molecule has 2 fully saturated rings. The number of rotatable bonds is 4. The van der Waals surface area contributed by atoms with Gasteiger partial charge in [0.25, 0.3) is 5.91 Å². The Labute approximate surface area is 164 Å². The highest BCUT2D eigenvalue weighted by atomic mass is 16.5. The number of anilines is 1. The normalized spacial score (nSPS) is 18.7. The summed E-state index contributed by atoms with van der Waals surface area (Å²) >= 11 is 0. The maximum absolute atomic E-state index is 12.2. The van der Waals surface area contributed by atoms with Crippen molar-refractivity contribution in [3.8, 4) is 11.5 Å². The minimum absolute atomic E-state index is 0.0452. The second-order valence-electron chi connectivity index (χ2n) is 7.29. The summed E-state index contributed by atoms with van der Waals surface area (Å²) in [4.78, 5) is 32.1. The molecule has 2 aliphatic rings. The first kappa shape index (κ1) is 18.3. The minimum Gasteiger partial charge on any atom is -0.455 e. The van der Waals surface area contributed by atoms with Gasteiger partial charge >= 0.3 is 0 Å². The molecule has 28 heavy (non-hydrogen) atoms. The standard InChI is InChI=1S/C21H24N4O3/c1-14(26)25-11-2-4-19(25)17-12-15(22)5-8-20(17)28-16-6-7-18(23-13-16)21(27)24-9-3-10-24/h5-8,12-13,19H,2-4,9-11,22H2,1H3. The van der Waals surface area contributed by atoms with Crippen molar-refractivity contribution >= 4 is 17.5 Å². The summed E-state index contributed by atoms with van der Waals surface area (Å²) in [5.41, 5.74) is 7.94. The number of carbonyl (C=O) groups is 2. The van der Waals surface area contributed by atoms with Crippen LogP contribution in [0.15, 0.2) is 36.5 Å². The maximum atomic E-state index is 12.2. The fraction of sp³-hybridized carbons (Fsp3) is 0.381. The zero-order chi connectivity index (χ0) is 19.7. The Hall–Kier alpha value is -3.09. The number of amides is 2. The summed E-state index contributed by atoms with van der Waals surface area (Å²) in [5, 5.41) is 0. The topological polar surface area (TPSA) is 88.8 Å². The first-order chi connectivity index (χ1) is 13.5. The van der Waals surface area contributed by atoms with Crippen LogP contribution in [-0.2, 0) is 4.79 Å². The zero-order valence-corrected chi connectivity index (χ0v) is 15.9. The number of nitrogens with two attached hydrogens (primary N) is 1. The molecule has 146 valence electrons. The summed E-state index contributed by atoms with van der Waals surface area (Å²) in [6.07, 6.45) is 4.43. The molecule has 0 bridgehead atoms. The van der Waals surface area contributed by atoms with Crippen molar-refractivity contribution in [2.45, 2.75) is 32.2 Å². The van der Waals surface area contributed by atoms with Gasteiger partial charge in [-0.2, -0.15) is 0 Å². The average Bonchev–Trinajstić information content (AvgIpc) is 3.12. The predicted octanol–water partition coefficient (Wildman–Crippen LogP) is 2.99. The molecule has 0 spiro atoms. The fourth-order valence-corrected chi connectivity index (χ4v) is 3.76. The number of pyridine rings is 1. The molecule has 7 nitrogen and oxygen atoms in total. The molecule has 7 heteroatoms. The van der Waals surface area contributed by atoms with Gasteiger partial charge in [0.05, 0.1) is 12.2 Å². The second kappa shape index (κ2) is 7.50. The lowest BCUT2D eigenvalue weighted by Crippen LogP contribution is -2.42. The molecule has 1 unspecified atom stereocenters. The molecule has 1 aromatic heterocycles. The van der Waals surface area contributed by atoms with Gasteiger partial charge in [0.15, 0.2) is 0 Å². The van der Waals surface area contributed by atoms with Crippen molar-refractivity contribution in [2.75, 3.05) is 25.4 Å². The van der Waals surface area contributed by atoms with Crippen molar-refractivity contribution in [2.24, 2.45) is 0 Å². The third kappa shape index (κ3) is 3.52. The van der Waals surface area contributed by atoms with E-state index in [-0.39, 0.29) is 17.9 Å². The van der Waals surface area contributed by atoms with Gasteiger partial charge in [-0.05, 0) is 49.6 Å². The van der Waals surface area contributed by atoms with E-state index in [1.54, 1.807) is 36.2 Å². The number of benzene rings is 1. The Morgan fingerprint density at radius 1 is 1.14 bits per heavy atom. The van der Waals surface area contributed by atoms with Crippen LogP contribution < -0.4 is 10.5 Å². The smallest absolute Gasteiger partial charge is 0.272 e. The number of nitrogen functional groups attached to an aromatic ring is 1. The highest BCUT2D eigenvalue weighted by molar-refractivity contribution is 5.92. The molecule has 2 aliphatic heterocycles. The lowest BCUT2D eigenvalue weighted by molar-refractivity contribution is -0.129. The first-order valence-corrected chi connectivity index (χ1v) is 9.63. The van der Waals surface area contributed by atoms with Gasteiger partial charge in [-0.1, -0.05) is 0 Å². The Morgan fingerprint density at radius 2 is 1.96 bits per heavy atom. The number of ether oxygens (including phenoxy) is 1. The molecule has 0 radical (unpaired) electrons. The minimum atomic E-state index is -0.0472. The van der Waals surface area contributed by atoms with Crippen molar-refractivity contribution in [3.63, 3.8) is 0 Å². The van der Waals surface area contributed by atoms with Crippen molar-refractivity contribution in [3.05, 3.63) is 47.8 Å². The van der Waals surface area contributed by atoms with Crippen LogP contribution in [0.5, 0.6) is 11.5 Å². The van der Waals surface area contributed by atoms with E-state index in [1.165, 1.54) is 0 Å². The Kier molecular flexibility index (Phi) is 4.90. The van der Waals surface area contributed by atoms with Crippen LogP contribution in [0, 0.1) is 0 Å². The number of likely N-dealkylation sites (tertiary alicyclic amines) is 2. The monoisotopic (exact) mass is 380 g/mol. The van der Waals surface area contributed by atoms with Gasteiger partial charge in [0.1, 0.15) is 17.2 Å². The van der Waals surface area contributed by atoms with Gasteiger partial charge in [0, 0.05) is 37.8 Å². The van der Waals surface area contributed by atoms with E-state index in [2.05, 4.69) is 4.98 Å². The van der Waals surface area contributed by atoms with Gasteiger partial charge in [-0.15, -0.1) is 0 Å². The van der Waals surface area contributed by atoms with Gasteiger partial charge < -0.3 is 20.3 Å². The molecule has 3 heterocycles. The number of aromatic nitrogens is 1. The van der Waals surface area contributed by atoms with Crippen LogP contribution in [0.3, 0.4) is 0 Å². The predicted molar refractivity (Wildman–Crippen MR) is 105 cm³/mol. The van der Waals surface area contributed by atoms with Crippen LogP contribution >= 0.6 is 0 Å². The fourth-order valence-electron chi connectivity index (χ4n) is 3.76. The largest absolute Gasteiger partial charge is 0.455 e. The van der Waals surface area contributed by atoms with Crippen molar-refractivity contribution in [1.29, 1.82) is 0 Å². The van der Waals surface area contributed by atoms with E-state index >= 15 is 0 Å². The lowest BCUT2D eigenvalue weighted by atomic mass is 10.0. The molecule has 0 saturated carbocycles. The first-order valence-electron chi connectivity index (χ1n) is 9.63. The molecule has 2 N–H and O–H groups in total. The molecule has 2 aromatic rings. The summed E-state index contributed by atoms with van der Waals surface area (Å²) in [5.74, 6) is 1.19. The highest BCUT2D eigenvalue weighted by Crippen LogP contribution is 2.39. The maximum Gasteiger partial charge on any atom is 0.272 e. The van der Waals surface area contributed by atoms with E-state index in [9.17, 15) is 9.59 Å². The van der Waals surface area contributed by atoms with E-state index in [4.69, 9.17) is 10.5 Å². The van der Waals surface area contributed by atoms with Crippen LogP contribution in [-0.4, -0.2) is 46.2 Å². The van der Waals surface area contributed by atoms with Gasteiger partial charge in [-0.25, -0.2) is 4.98 Å². The number of nitrogens with zero attached hydrogens (tertiary/aromatic N) is 3. The summed E-state index contributed by atoms with van der Waals surface area (Å²) in [6.45, 7) is 3.91. The van der Waals surface area contributed by atoms with E-state index in [0.29, 0.717) is 22.9 Å². The van der Waals surface area contributed by atoms with E-state index < -0.39 is 0 Å². The third-order valence-corrected chi connectivity index (χ3v) is 5.38. The van der Waals surface area contributed by atoms with Crippen LogP contribution in [0.1, 0.15) is 48.3 Å². The molecule has 1 atom stereocenters. The summed E-state index contributed by atoms with van der Waals surface area (Å²) in [6, 6.07) is 8.86. The molecule has 2 amide bonds. The number of hydrogen-bond donors (Lipinski definition) is 1. The molecule has 0 aliphatic carbocycles. The second-order valence-corrected chi connectivity index (χ2v) is 7.29. The summed E-state index contributed by atoms with van der Waals surface area (Å²) in [7, 11) is 0. The van der Waals surface area contributed by atoms with Crippen molar-refractivity contribution in [1.82, 2.24) is 14.8 Å². The quantitative estimate of drug-likeness (QED) is 0.824. The SMILES string of the molecule is CC(=O)N1CCCC1c1cc(N)ccc1Oc1ccc(C(=O)N2CCC2)nc1. The Balaban J connectivity index is 1.56. The Bertz CT molecular complexity index is 893. The lowest BCUT2D eigenvalue weighted by Gasteiger charge is -2.30. The molecule has 2 saturated heterocycles. The average molecular weight is 380 g/mol. The van der Waals surface area contributed by atoms with E-state index in [1.807, 2.05) is 17.0 Å². The molecular formula is C21H24N4O3. The molecule has 1 aromatic carbocycles. The highest BCUT2D eigenvalue weighted by Gasteiger charge is 2.30. The van der Waals surface area contributed by atoms with Gasteiger partial charge in [0.2, 0.25) is 5.91 Å². The van der Waals surface area contributed by atoms with Gasteiger partial charge in [-0.3, -0.25) is 9.59 Å². The van der Waals surface area contributed by atoms with E-state index in [0.717, 1.165) is 44.5 Å². The molecule has 4 rings (SSSR count).